The molecule has 102 valence electrons. The van der Waals surface area contributed by atoms with Crippen LogP contribution in [0.2, 0.25) is 0 Å². The quantitative estimate of drug-likeness (QED) is 0.670. The summed E-state index contributed by atoms with van der Waals surface area (Å²) in [6.45, 7) is 3.03. The molecule has 1 aromatic rings. The molecule has 0 bridgehead atoms. The predicted molar refractivity (Wildman–Crippen MR) is 76.6 cm³/mol. The number of rotatable bonds is 8. The van der Waals surface area contributed by atoms with E-state index in [1.54, 1.807) is 14.2 Å². The van der Waals surface area contributed by atoms with Crippen molar-refractivity contribution in [1.82, 2.24) is 0 Å². The van der Waals surface area contributed by atoms with Crippen LogP contribution in [0.1, 0.15) is 18.9 Å². The Hall–Kier alpha value is -0.730. The number of methoxy groups -OCH3 is 2. The van der Waals surface area contributed by atoms with Gasteiger partial charge in [0.15, 0.2) is 0 Å². The smallest absolute Gasteiger partial charge is 0.122 e. The van der Waals surface area contributed by atoms with Crippen LogP contribution >= 0.6 is 11.6 Å². The highest BCUT2D eigenvalue weighted by molar-refractivity contribution is 6.18. The summed E-state index contributed by atoms with van der Waals surface area (Å²) in [7, 11) is 3.45. The van der Waals surface area contributed by atoms with Crippen molar-refractivity contribution in [2.75, 3.05) is 26.7 Å². The van der Waals surface area contributed by atoms with Crippen LogP contribution in [-0.2, 0) is 11.2 Å². The number of hydrogen-bond donors (Lipinski definition) is 0. The number of benzene rings is 1. The Bertz CT molecular complexity index is 341. The highest BCUT2D eigenvalue weighted by Gasteiger charge is 2.18. The number of hydrogen-bond acceptors (Lipinski definition) is 2. The van der Waals surface area contributed by atoms with E-state index in [0.717, 1.165) is 25.2 Å². The maximum Gasteiger partial charge on any atom is 0.122 e. The van der Waals surface area contributed by atoms with Crippen LogP contribution < -0.4 is 4.74 Å². The molecule has 0 amide bonds. The molecule has 1 rings (SSSR count). The van der Waals surface area contributed by atoms with E-state index in [1.165, 1.54) is 5.56 Å². The Balaban J connectivity index is 2.66. The fourth-order valence-electron chi connectivity index (χ4n) is 2.10. The van der Waals surface area contributed by atoms with E-state index in [-0.39, 0.29) is 0 Å². The van der Waals surface area contributed by atoms with Crippen molar-refractivity contribution >= 4 is 11.6 Å². The summed E-state index contributed by atoms with van der Waals surface area (Å²) in [4.78, 5) is 0. The van der Waals surface area contributed by atoms with Gasteiger partial charge < -0.3 is 9.47 Å². The zero-order valence-electron chi connectivity index (χ0n) is 11.5. The molecule has 0 saturated heterocycles. The van der Waals surface area contributed by atoms with Crippen molar-refractivity contribution in [2.24, 2.45) is 11.8 Å². The molecule has 0 aliphatic carbocycles. The Morgan fingerprint density at radius 3 is 2.56 bits per heavy atom. The van der Waals surface area contributed by atoms with Gasteiger partial charge in [-0.25, -0.2) is 0 Å². The van der Waals surface area contributed by atoms with Crippen LogP contribution in [-0.4, -0.2) is 26.7 Å². The molecule has 0 heterocycles. The van der Waals surface area contributed by atoms with Crippen LogP contribution in [0.15, 0.2) is 24.3 Å². The van der Waals surface area contributed by atoms with Crippen LogP contribution in [0.3, 0.4) is 0 Å². The molecule has 2 unspecified atom stereocenters. The topological polar surface area (TPSA) is 18.5 Å². The Kier molecular flexibility index (Phi) is 7.14. The predicted octanol–water partition coefficient (Wildman–Crippen LogP) is 3.77. The maximum atomic E-state index is 6.11. The molecular weight excluding hydrogens is 248 g/mol. The van der Waals surface area contributed by atoms with Crippen molar-refractivity contribution in [3.8, 4) is 5.75 Å². The monoisotopic (exact) mass is 270 g/mol. The van der Waals surface area contributed by atoms with Gasteiger partial charge in [0.25, 0.3) is 0 Å². The molecule has 3 heteroatoms. The van der Waals surface area contributed by atoms with Crippen molar-refractivity contribution < 1.29 is 9.47 Å². The lowest BCUT2D eigenvalue weighted by Crippen LogP contribution is -2.18. The second-order valence-electron chi connectivity index (χ2n) is 4.69. The third kappa shape index (κ3) is 4.51. The van der Waals surface area contributed by atoms with Crippen LogP contribution in [0.25, 0.3) is 0 Å². The Morgan fingerprint density at radius 1 is 1.22 bits per heavy atom. The molecule has 0 fully saturated rings. The first-order chi connectivity index (χ1) is 8.72. The molecule has 2 nitrogen and oxygen atoms in total. The van der Waals surface area contributed by atoms with Crippen molar-refractivity contribution in [3.63, 3.8) is 0 Å². The standard InChI is InChI=1S/C15H23ClO2/c1-12(8-9-17-2)14(11-16)10-13-6-4-5-7-15(13)18-3/h4-7,12,14H,8-11H2,1-3H3. The van der Waals surface area contributed by atoms with E-state index < -0.39 is 0 Å². The summed E-state index contributed by atoms with van der Waals surface area (Å²) < 4.78 is 10.5. The Labute approximate surface area is 115 Å². The van der Waals surface area contributed by atoms with Gasteiger partial charge in [-0.1, -0.05) is 25.1 Å². The average Bonchev–Trinajstić information content (AvgIpc) is 2.42. The SMILES string of the molecule is COCCC(C)C(CCl)Cc1ccccc1OC. The molecule has 0 aliphatic rings. The van der Waals surface area contributed by atoms with Gasteiger partial charge in [0, 0.05) is 19.6 Å². The highest BCUT2D eigenvalue weighted by Crippen LogP contribution is 2.26. The Morgan fingerprint density at radius 2 is 1.94 bits per heavy atom. The fourth-order valence-corrected chi connectivity index (χ4v) is 2.51. The van der Waals surface area contributed by atoms with Gasteiger partial charge in [0.1, 0.15) is 5.75 Å². The van der Waals surface area contributed by atoms with Gasteiger partial charge in [-0.2, -0.15) is 0 Å². The molecule has 0 saturated carbocycles. The lowest BCUT2D eigenvalue weighted by molar-refractivity contribution is 0.168. The lowest BCUT2D eigenvalue weighted by Gasteiger charge is -2.22. The highest BCUT2D eigenvalue weighted by atomic mass is 35.5. The molecule has 2 atom stereocenters. The molecule has 0 aromatic heterocycles. The van der Waals surface area contributed by atoms with Gasteiger partial charge >= 0.3 is 0 Å². The molecule has 18 heavy (non-hydrogen) atoms. The van der Waals surface area contributed by atoms with Crippen molar-refractivity contribution in [1.29, 1.82) is 0 Å². The number of halogens is 1. The normalized spacial score (nSPS) is 14.2. The minimum Gasteiger partial charge on any atom is -0.496 e. The van der Waals surface area contributed by atoms with Gasteiger partial charge in [-0.05, 0) is 36.3 Å². The minimum atomic E-state index is 0.457. The second-order valence-corrected chi connectivity index (χ2v) is 5.00. The third-order valence-corrected chi connectivity index (χ3v) is 3.85. The van der Waals surface area contributed by atoms with Crippen molar-refractivity contribution in [3.05, 3.63) is 29.8 Å². The summed E-state index contributed by atoms with van der Waals surface area (Å²) in [6, 6.07) is 8.15. The fraction of sp³-hybridized carbons (Fsp3) is 0.600. The molecule has 0 spiro atoms. The second kappa shape index (κ2) is 8.39. The average molecular weight is 271 g/mol. The van der Waals surface area contributed by atoms with E-state index in [4.69, 9.17) is 21.1 Å². The van der Waals surface area contributed by atoms with Crippen LogP contribution in [0.4, 0.5) is 0 Å². The lowest BCUT2D eigenvalue weighted by atomic mass is 9.87. The summed E-state index contributed by atoms with van der Waals surface area (Å²) >= 11 is 6.11. The zero-order valence-corrected chi connectivity index (χ0v) is 12.2. The van der Waals surface area contributed by atoms with Gasteiger partial charge in [0.2, 0.25) is 0 Å². The first-order valence-corrected chi connectivity index (χ1v) is 6.93. The van der Waals surface area contributed by atoms with E-state index in [9.17, 15) is 0 Å². The number of para-hydroxylation sites is 1. The van der Waals surface area contributed by atoms with E-state index in [2.05, 4.69) is 13.0 Å². The molecule has 0 N–H and O–H groups in total. The molecule has 0 radical (unpaired) electrons. The number of alkyl halides is 1. The van der Waals surface area contributed by atoms with E-state index >= 15 is 0 Å². The molecular formula is C15H23ClO2. The third-order valence-electron chi connectivity index (χ3n) is 3.45. The molecule has 1 aromatic carbocycles. The summed E-state index contributed by atoms with van der Waals surface area (Å²) in [5.74, 6) is 2.63. The summed E-state index contributed by atoms with van der Waals surface area (Å²) in [5, 5.41) is 0. The van der Waals surface area contributed by atoms with Crippen LogP contribution in [0, 0.1) is 11.8 Å². The van der Waals surface area contributed by atoms with Crippen molar-refractivity contribution in [2.45, 2.75) is 19.8 Å². The molecule has 0 aliphatic heterocycles. The largest absolute Gasteiger partial charge is 0.496 e. The van der Waals surface area contributed by atoms with Gasteiger partial charge in [0.05, 0.1) is 7.11 Å². The van der Waals surface area contributed by atoms with E-state index in [1.807, 2.05) is 18.2 Å². The first kappa shape index (κ1) is 15.3. The summed E-state index contributed by atoms with van der Waals surface area (Å²) in [5.41, 5.74) is 1.23. The summed E-state index contributed by atoms with van der Waals surface area (Å²) in [6.07, 6.45) is 2.00. The zero-order chi connectivity index (χ0) is 13.4. The minimum absolute atomic E-state index is 0.457. The van der Waals surface area contributed by atoms with Gasteiger partial charge in [-0.3, -0.25) is 0 Å². The van der Waals surface area contributed by atoms with E-state index in [0.29, 0.717) is 17.7 Å². The maximum absolute atomic E-state index is 6.11. The number of ether oxygens (including phenoxy) is 2. The van der Waals surface area contributed by atoms with Crippen LogP contribution in [0.5, 0.6) is 5.75 Å². The van der Waals surface area contributed by atoms with Gasteiger partial charge in [-0.15, -0.1) is 11.6 Å². The first-order valence-electron chi connectivity index (χ1n) is 6.39.